The van der Waals surface area contributed by atoms with E-state index in [1.165, 1.54) is 6.92 Å². The smallest absolute Gasteiger partial charge is 0.257 e. The zero-order valence-electron chi connectivity index (χ0n) is 15.9. The molecule has 0 atom stereocenters. The predicted molar refractivity (Wildman–Crippen MR) is 116 cm³/mol. The second-order valence-corrected chi connectivity index (χ2v) is 7.33. The molecule has 0 bridgehead atoms. The molecule has 142 valence electrons. The topological polar surface area (TPSA) is 62.3 Å². The van der Waals surface area contributed by atoms with E-state index < -0.39 is 0 Å². The molecule has 0 saturated heterocycles. The van der Waals surface area contributed by atoms with Gasteiger partial charge >= 0.3 is 0 Å². The highest BCUT2D eigenvalue weighted by molar-refractivity contribution is 9.10. The maximum atomic E-state index is 12.6. The Hall–Kier alpha value is -2.99. The average Bonchev–Trinajstić information content (AvgIpc) is 2.67. The summed E-state index contributed by atoms with van der Waals surface area (Å²) in [5, 5.41) is 2.87. The lowest BCUT2D eigenvalue weighted by molar-refractivity contribution is -0.116. The SMILES string of the molecule is CC(=O)N(C)c1ccc(NC(=O)c2ccc(-c3cccc(Br)c3)nc2C)cc1. The Kier molecular flexibility index (Phi) is 5.90. The lowest BCUT2D eigenvalue weighted by Crippen LogP contribution is -2.22. The number of halogens is 1. The van der Waals surface area contributed by atoms with E-state index in [1.54, 1.807) is 42.3 Å². The zero-order chi connectivity index (χ0) is 20.3. The Bertz CT molecular complexity index is 1030. The molecule has 0 spiro atoms. The monoisotopic (exact) mass is 437 g/mol. The van der Waals surface area contributed by atoms with Gasteiger partial charge in [0.25, 0.3) is 5.91 Å². The minimum Gasteiger partial charge on any atom is -0.322 e. The van der Waals surface area contributed by atoms with Gasteiger partial charge in [-0.15, -0.1) is 0 Å². The fraction of sp³-hybridized carbons (Fsp3) is 0.136. The average molecular weight is 438 g/mol. The number of hydrogen-bond donors (Lipinski definition) is 1. The first kappa shape index (κ1) is 19.8. The van der Waals surface area contributed by atoms with Crippen LogP contribution in [-0.2, 0) is 4.79 Å². The molecular weight excluding hydrogens is 418 g/mol. The van der Waals surface area contributed by atoms with E-state index in [2.05, 4.69) is 26.2 Å². The van der Waals surface area contributed by atoms with Crippen LogP contribution in [0.25, 0.3) is 11.3 Å². The van der Waals surface area contributed by atoms with Crippen LogP contribution < -0.4 is 10.2 Å². The van der Waals surface area contributed by atoms with Gasteiger partial charge in [0.2, 0.25) is 5.91 Å². The molecular formula is C22H20BrN3O2. The van der Waals surface area contributed by atoms with E-state index in [1.807, 2.05) is 37.3 Å². The first-order chi connectivity index (χ1) is 13.3. The summed E-state index contributed by atoms with van der Waals surface area (Å²) in [5.74, 6) is -0.275. The summed E-state index contributed by atoms with van der Waals surface area (Å²) in [7, 11) is 1.71. The molecule has 0 unspecified atom stereocenters. The maximum Gasteiger partial charge on any atom is 0.257 e. The molecule has 2 amide bonds. The van der Waals surface area contributed by atoms with Gasteiger partial charge in [0.15, 0.2) is 0 Å². The third-order valence-corrected chi connectivity index (χ3v) is 4.93. The number of benzene rings is 2. The fourth-order valence-electron chi connectivity index (χ4n) is 2.76. The van der Waals surface area contributed by atoms with Crippen molar-refractivity contribution < 1.29 is 9.59 Å². The lowest BCUT2D eigenvalue weighted by atomic mass is 10.1. The Labute approximate surface area is 172 Å². The summed E-state index contributed by atoms with van der Waals surface area (Å²) in [4.78, 5) is 30.2. The highest BCUT2D eigenvalue weighted by Gasteiger charge is 2.13. The first-order valence-electron chi connectivity index (χ1n) is 8.74. The molecule has 3 rings (SSSR count). The minimum absolute atomic E-state index is 0.0518. The van der Waals surface area contributed by atoms with Gasteiger partial charge in [-0.05, 0) is 55.5 Å². The van der Waals surface area contributed by atoms with Crippen LogP contribution in [-0.4, -0.2) is 23.8 Å². The van der Waals surface area contributed by atoms with E-state index in [0.717, 1.165) is 21.4 Å². The standard InChI is InChI=1S/C22H20BrN3O2/c1-14-20(11-12-21(24-14)16-5-4-6-17(23)13-16)22(28)25-18-7-9-19(10-8-18)26(3)15(2)27/h4-13H,1-3H3,(H,25,28). The molecule has 5 nitrogen and oxygen atoms in total. The van der Waals surface area contributed by atoms with Gasteiger partial charge in [0.1, 0.15) is 0 Å². The number of aryl methyl sites for hydroxylation is 1. The van der Waals surface area contributed by atoms with Crippen LogP contribution in [0.4, 0.5) is 11.4 Å². The van der Waals surface area contributed by atoms with E-state index in [4.69, 9.17) is 0 Å². The number of anilines is 2. The van der Waals surface area contributed by atoms with Crippen molar-refractivity contribution in [2.24, 2.45) is 0 Å². The highest BCUT2D eigenvalue weighted by Crippen LogP contribution is 2.23. The van der Waals surface area contributed by atoms with Crippen LogP contribution in [0.15, 0.2) is 65.1 Å². The van der Waals surface area contributed by atoms with Crippen molar-refractivity contribution in [2.45, 2.75) is 13.8 Å². The number of amides is 2. The third-order valence-electron chi connectivity index (χ3n) is 4.44. The highest BCUT2D eigenvalue weighted by atomic mass is 79.9. The molecule has 6 heteroatoms. The van der Waals surface area contributed by atoms with Crippen molar-refractivity contribution >= 4 is 39.1 Å². The van der Waals surface area contributed by atoms with Crippen LogP contribution in [0, 0.1) is 6.92 Å². The van der Waals surface area contributed by atoms with Gasteiger partial charge in [-0.1, -0.05) is 28.1 Å². The maximum absolute atomic E-state index is 12.6. The summed E-state index contributed by atoms with van der Waals surface area (Å²) < 4.78 is 0.977. The van der Waals surface area contributed by atoms with Gasteiger partial charge in [-0.2, -0.15) is 0 Å². The van der Waals surface area contributed by atoms with Crippen molar-refractivity contribution in [3.8, 4) is 11.3 Å². The van der Waals surface area contributed by atoms with Crippen molar-refractivity contribution in [3.63, 3.8) is 0 Å². The second kappa shape index (κ2) is 8.35. The zero-order valence-corrected chi connectivity index (χ0v) is 17.4. The van der Waals surface area contributed by atoms with Gasteiger partial charge in [-0.3, -0.25) is 14.6 Å². The number of nitrogens with zero attached hydrogens (tertiary/aromatic N) is 2. The largest absolute Gasteiger partial charge is 0.322 e. The van der Waals surface area contributed by atoms with Crippen molar-refractivity contribution in [1.29, 1.82) is 0 Å². The molecule has 0 aliphatic heterocycles. The summed E-state index contributed by atoms with van der Waals surface area (Å²) in [6, 6.07) is 18.6. The van der Waals surface area contributed by atoms with Crippen LogP contribution in [0.5, 0.6) is 0 Å². The van der Waals surface area contributed by atoms with E-state index >= 15 is 0 Å². The normalized spacial score (nSPS) is 10.4. The summed E-state index contributed by atoms with van der Waals surface area (Å²) >= 11 is 3.46. The molecule has 28 heavy (non-hydrogen) atoms. The van der Waals surface area contributed by atoms with Gasteiger partial charge < -0.3 is 10.2 Å². The van der Waals surface area contributed by atoms with Gasteiger partial charge in [-0.25, -0.2) is 0 Å². The molecule has 1 N–H and O–H groups in total. The van der Waals surface area contributed by atoms with Gasteiger partial charge in [0.05, 0.1) is 17.0 Å². The molecule has 0 aliphatic carbocycles. The molecule has 3 aromatic rings. The minimum atomic E-state index is -0.224. The van der Waals surface area contributed by atoms with Crippen LogP contribution >= 0.6 is 15.9 Å². The van der Waals surface area contributed by atoms with Crippen LogP contribution in [0.3, 0.4) is 0 Å². The van der Waals surface area contributed by atoms with Crippen LogP contribution in [0.2, 0.25) is 0 Å². The summed E-state index contributed by atoms with van der Waals surface area (Å²) in [6.45, 7) is 3.32. The number of carbonyl (C=O) groups is 2. The van der Waals surface area contributed by atoms with E-state index in [-0.39, 0.29) is 11.8 Å². The van der Waals surface area contributed by atoms with E-state index in [0.29, 0.717) is 16.9 Å². The molecule has 1 aromatic heterocycles. The third kappa shape index (κ3) is 4.46. The molecule has 0 fully saturated rings. The second-order valence-electron chi connectivity index (χ2n) is 6.42. The van der Waals surface area contributed by atoms with Gasteiger partial charge in [0, 0.05) is 35.4 Å². The van der Waals surface area contributed by atoms with E-state index in [9.17, 15) is 9.59 Å². The number of rotatable bonds is 4. The van der Waals surface area contributed by atoms with Crippen LogP contribution in [0.1, 0.15) is 23.0 Å². The number of nitrogens with one attached hydrogen (secondary N) is 1. The predicted octanol–water partition coefficient (Wildman–Crippen LogP) is 5.05. The molecule has 1 heterocycles. The molecule has 0 aliphatic rings. The Morgan fingerprint density at radius 2 is 1.75 bits per heavy atom. The number of carbonyl (C=O) groups excluding carboxylic acids is 2. The van der Waals surface area contributed by atoms with Crippen molar-refractivity contribution in [3.05, 3.63) is 76.4 Å². The number of aromatic nitrogens is 1. The molecule has 2 aromatic carbocycles. The quantitative estimate of drug-likeness (QED) is 0.620. The first-order valence-corrected chi connectivity index (χ1v) is 9.54. The Morgan fingerprint density at radius 1 is 1.04 bits per heavy atom. The number of pyridine rings is 1. The fourth-order valence-corrected chi connectivity index (χ4v) is 3.16. The Balaban J connectivity index is 1.77. The van der Waals surface area contributed by atoms with Crippen molar-refractivity contribution in [1.82, 2.24) is 4.98 Å². The molecule has 0 radical (unpaired) electrons. The Morgan fingerprint density at radius 3 is 2.36 bits per heavy atom. The summed E-state index contributed by atoms with van der Waals surface area (Å²) in [6.07, 6.45) is 0. The summed E-state index contributed by atoms with van der Waals surface area (Å²) in [5.41, 5.74) is 4.39. The molecule has 0 saturated carbocycles. The number of hydrogen-bond acceptors (Lipinski definition) is 3. The van der Waals surface area contributed by atoms with Crippen molar-refractivity contribution in [2.75, 3.05) is 17.3 Å². The lowest BCUT2D eigenvalue weighted by Gasteiger charge is -2.15.